The third-order valence-corrected chi connectivity index (χ3v) is 2.54. The first-order valence-electron chi connectivity index (χ1n) is 5.41. The lowest BCUT2D eigenvalue weighted by Gasteiger charge is -2.13. The summed E-state index contributed by atoms with van der Waals surface area (Å²) in [7, 11) is 3.23. The van der Waals surface area contributed by atoms with Gasteiger partial charge in [0.25, 0.3) is 0 Å². The molecule has 0 saturated carbocycles. The third-order valence-electron chi connectivity index (χ3n) is 2.26. The van der Waals surface area contributed by atoms with E-state index in [0.717, 1.165) is 12.0 Å². The van der Waals surface area contributed by atoms with E-state index in [-0.39, 0.29) is 0 Å². The molecule has 0 bridgehead atoms. The van der Waals surface area contributed by atoms with Gasteiger partial charge in [-0.1, -0.05) is 11.6 Å². The SMILES string of the molecule is COCCCOc1c(Cl)cc(CN)cc1OC. The van der Waals surface area contributed by atoms with Gasteiger partial charge < -0.3 is 19.9 Å². The average Bonchev–Trinajstić information content (AvgIpc) is 2.35. The summed E-state index contributed by atoms with van der Waals surface area (Å²) in [6, 6.07) is 3.62. The minimum atomic E-state index is 0.417. The van der Waals surface area contributed by atoms with E-state index in [0.29, 0.717) is 36.3 Å². The van der Waals surface area contributed by atoms with Gasteiger partial charge in [-0.25, -0.2) is 0 Å². The molecule has 1 aromatic carbocycles. The Morgan fingerprint density at radius 1 is 1.24 bits per heavy atom. The predicted octanol–water partition coefficient (Wildman–Crippen LogP) is 2.22. The fourth-order valence-electron chi connectivity index (χ4n) is 1.41. The maximum Gasteiger partial charge on any atom is 0.179 e. The van der Waals surface area contributed by atoms with Crippen molar-refractivity contribution in [3.63, 3.8) is 0 Å². The van der Waals surface area contributed by atoms with Gasteiger partial charge in [0, 0.05) is 26.7 Å². The van der Waals surface area contributed by atoms with Crippen molar-refractivity contribution in [2.75, 3.05) is 27.4 Å². The number of hydrogen-bond donors (Lipinski definition) is 1. The van der Waals surface area contributed by atoms with E-state index in [1.807, 2.05) is 6.07 Å². The Morgan fingerprint density at radius 2 is 2.00 bits per heavy atom. The van der Waals surface area contributed by atoms with Gasteiger partial charge in [-0.3, -0.25) is 0 Å². The second kappa shape index (κ2) is 7.37. The second-order valence-corrected chi connectivity index (χ2v) is 3.92. The normalized spacial score (nSPS) is 10.4. The average molecular weight is 260 g/mol. The van der Waals surface area contributed by atoms with Crippen LogP contribution >= 0.6 is 11.6 Å². The lowest BCUT2D eigenvalue weighted by molar-refractivity contribution is 0.170. The molecule has 0 heterocycles. The Bertz CT molecular complexity index is 358. The lowest BCUT2D eigenvalue weighted by Crippen LogP contribution is -2.04. The Labute approximate surface area is 107 Å². The first kappa shape index (κ1) is 14.1. The zero-order valence-electron chi connectivity index (χ0n) is 10.2. The van der Waals surface area contributed by atoms with Crippen LogP contribution in [0.1, 0.15) is 12.0 Å². The van der Waals surface area contributed by atoms with Gasteiger partial charge in [0.05, 0.1) is 18.7 Å². The molecule has 1 rings (SSSR count). The highest BCUT2D eigenvalue weighted by Crippen LogP contribution is 2.36. The van der Waals surface area contributed by atoms with Gasteiger partial charge >= 0.3 is 0 Å². The zero-order valence-corrected chi connectivity index (χ0v) is 10.9. The largest absolute Gasteiger partial charge is 0.493 e. The number of methoxy groups -OCH3 is 2. The number of hydrogen-bond acceptors (Lipinski definition) is 4. The van der Waals surface area contributed by atoms with E-state index in [2.05, 4.69) is 0 Å². The molecule has 0 spiro atoms. The Morgan fingerprint density at radius 3 is 2.59 bits per heavy atom. The fraction of sp³-hybridized carbons (Fsp3) is 0.500. The van der Waals surface area contributed by atoms with Crippen LogP contribution < -0.4 is 15.2 Å². The summed E-state index contributed by atoms with van der Waals surface area (Å²) < 4.78 is 15.8. The molecule has 0 aromatic heterocycles. The summed E-state index contributed by atoms with van der Waals surface area (Å²) in [5.74, 6) is 1.16. The molecule has 0 atom stereocenters. The molecule has 4 nitrogen and oxygen atoms in total. The van der Waals surface area contributed by atoms with Crippen molar-refractivity contribution in [2.45, 2.75) is 13.0 Å². The van der Waals surface area contributed by atoms with Crippen molar-refractivity contribution in [3.05, 3.63) is 22.7 Å². The predicted molar refractivity (Wildman–Crippen MR) is 67.9 cm³/mol. The summed E-state index contributed by atoms with van der Waals surface area (Å²) in [5.41, 5.74) is 6.47. The van der Waals surface area contributed by atoms with Gasteiger partial charge in [-0.2, -0.15) is 0 Å². The van der Waals surface area contributed by atoms with Crippen LogP contribution in [0.4, 0.5) is 0 Å². The molecule has 0 aliphatic heterocycles. The van der Waals surface area contributed by atoms with Gasteiger partial charge in [0.15, 0.2) is 11.5 Å². The van der Waals surface area contributed by atoms with Crippen LogP contribution in [0, 0.1) is 0 Å². The molecule has 96 valence electrons. The van der Waals surface area contributed by atoms with E-state index < -0.39 is 0 Å². The van der Waals surface area contributed by atoms with Crippen LogP contribution in [0.3, 0.4) is 0 Å². The number of halogens is 1. The van der Waals surface area contributed by atoms with Gasteiger partial charge in [-0.05, 0) is 17.7 Å². The van der Waals surface area contributed by atoms with Gasteiger partial charge in [0.1, 0.15) is 0 Å². The molecule has 17 heavy (non-hydrogen) atoms. The number of rotatable bonds is 7. The summed E-state index contributed by atoms with van der Waals surface area (Å²) in [4.78, 5) is 0. The Balaban J connectivity index is 2.75. The summed E-state index contributed by atoms with van der Waals surface area (Å²) in [6.07, 6.45) is 0.800. The lowest BCUT2D eigenvalue weighted by atomic mass is 10.2. The molecule has 1 aromatic rings. The topological polar surface area (TPSA) is 53.7 Å². The Hall–Kier alpha value is -0.970. The molecule has 0 aliphatic rings. The minimum Gasteiger partial charge on any atom is -0.493 e. The van der Waals surface area contributed by atoms with Crippen LogP contribution in [-0.2, 0) is 11.3 Å². The monoisotopic (exact) mass is 259 g/mol. The van der Waals surface area contributed by atoms with Crippen molar-refractivity contribution in [1.82, 2.24) is 0 Å². The molecule has 0 saturated heterocycles. The van der Waals surface area contributed by atoms with Crippen molar-refractivity contribution >= 4 is 11.6 Å². The van der Waals surface area contributed by atoms with Crippen LogP contribution in [0.15, 0.2) is 12.1 Å². The first-order valence-corrected chi connectivity index (χ1v) is 5.79. The standard InChI is InChI=1S/C12H18ClNO3/c1-15-4-3-5-17-12-10(13)6-9(8-14)7-11(12)16-2/h6-7H,3-5,8,14H2,1-2H3. The second-order valence-electron chi connectivity index (χ2n) is 3.51. The van der Waals surface area contributed by atoms with E-state index in [1.54, 1.807) is 20.3 Å². The molecule has 0 fully saturated rings. The minimum absolute atomic E-state index is 0.417. The van der Waals surface area contributed by atoms with Crippen LogP contribution in [-0.4, -0.2) is 27.4 Å². The Kier molecular flexibility index (Phi) is 6.11. The zero-order chi connectivity index (χ0) is 12.7. The molecule has 0 amide bonds. The summed E-state index contributed by atoms with van der Waals surface area (Å²) >= 11 is 6.11. The van der Waals surface area contributed by atoms with E-state index >= 15 is 0 Å². The highest BCUT2D eigenvalue weighted by atomic mass is 35.5. The third kappa shape index (κ3) is 4.07. The summed E-state index contributed by atoms with van der Waals surface area (Å²) in [5, 5.41) is 0.516. The fourth-order valence-corrected chi connectivity index (χ4v) is 1.70. The van der Waals surface area contributed by atoms with E-state index in [9.17, 15) is 0 Å². The molecule has 2 N–H and O–H groups in total. The highest BCUT2D eigenvalue weighted by Gasteiger charge is 2.11. The van der Waals surface area contributed by atoms with Crippen molar-refractivity contribution in [2.24, 2.45) is 5.73 Å². The van der Waals surface area contributed by atoms with E-state index in [1.165, 1.54) is 0 Å². The molecule has 0 radical (unpaired) electrons. The number of ether oxygens (including phenoxy) is 3. The van der Waals surface area contributed by atoms with Crippen molar-refractivity contribution in [3.8, 4) is 11.5 Å². The van der Waals surface area contributed by atoms with Crippen molar-refractivity contribution < 1.29 is 14.2 Å². The molecular formula is C12H18ClNO3. The maximum atomic E-state index is 6.11. The quantitative estimate of drug-likeness (QED) is 0.763. The van der Waals surface area contributed by atoms with Crippen LogP contribution in [0.2, 0.25) is 5.02 Å². The maximum absolute atomic E-state index is 6.11. The van der Waals surface area contributed by atoms with Crippen LogP contribution in [0.5, 0.6) is 11.5 Å². The molecule has 5 heteroatoms. The highest BCUT2D eigenvalue weighted by molar-refractivity contribution is 6.32. The molecule has 0 unspecified atom stereocenters. The van der Waals surface area contributed by atoms with Gasteiger partial charge in [0.2, 0.25) is 0 Å². The molecular weight excluding hydrogens is 242 g/mol. The number of benzene rings is 1. The number of nitrogens with two attached hydrogens (primary N) is 1. The molecule has 0 aliphatic carbocycles. The first-order chi connectivity index (χ1) is 8.22. The van der Waals surface area contributed by atoms with Crippen LogP contribution in [0.25, 0.3) is 0 Å². The van der Waals surface area contributed by atoms with Gasteiger partial charge in [-0.15, -0.1) is 0 Å². The van der Waals surface area contributed by atoms with E-state index in [4.69, 9.17) is 31.5 Å². The summed E-state index contributed by atoms with van der Waals surface area (Å²) in [6.45, 7) is 1.60. The smallest absolute Gasteiger partial charge is 0.179 e. The van der Waals surface area contributed by atoms with Crippen molar-refractivity contribution in [1.29, 1.82) is 0 Å².